The van der Waals surface area contributed by atoms with Gasteiger partial charge in [-0.3, -0.25) is 19.3 Å². The van der Waals surface area contributed by atoms with Crippen molar-refractivity contribution in [2.75, 3.05) is 13.1 Å². The molecule has 3 amide bonds. The van der Waals surface area contributed by atoms with E-state index in [9.17, 15) is 18.8 Å². The predicted molar refractivity (Wildman–Crippen MR) is 114 cm³/mol. The van der Waals surface area contributed by atoms with Crippen molar-refractivity contribution >= 4 is 46.5 Å². The van der Waals surface area contributed by atoms with Crippen LogP contribution in [-0.4, -0.2) is 35.0 Å². The van der Waals surface area contributed by atoms with Crippen molar-refractivity contribution in [2.45, 2.75) is 18.3 Å². The molecule has 1 aliphatic heterocycles. The molecule has 30 heavy (non-hydrogen) atoms. The maximum absolute atomic E-state index is 13.0. The molecule has 2 fully saturated rings. The first kappa shape index (κ1) is 20.6. The Balaban J connectivity index is 1.35. The van der Waals surface area contributed by atoms with Gasteiger partial charge in [0.1, 0.15) is 5.82 Å². The second kappa shape index (κ2) is 8.24. The molecule has 0 radical (unpaired) electrons. The average Bonchev–Trinajstić information content (AvgIpc) is 3.49. The average molecular weight is 445 g/mol. The van der Waals surface area contributed by atoms with Gasteiger partial charge >= 0.3 is 0 Å². The third-order valence-electron chi connectivity index (χ3n) is 5.24. The molecular weight excluding hydrogens is 427 g/mol. The van der Waals surface area contributed by atoms with Crippen molar-refractivity contribution in [3.63, 3.8) is 0 Å². The molecule has 1 saturated heterocycles. The molecule has 1 saturated carbocycles. The standard InChI is InChI=1S/C22H18ClFN2O3S/c23-16-5-3-15(4-6-16)22(9-10-22)20(28)25-11-12-26-19(27)18(30-21(26)29)13-14-1-7-17(24)8-2-14/h1-8,13H,9-12H2,(H,25,28)/b18-13+. The summed E-state index contributed by atoms with van der Waals surface area (Å²) in [6.07, 6.45) is 3.06. The molecule has 1 N–H and O–H groups in total. The number of carbonyl (C=O) groups excluding carboxylic acids is 3. The zero-order valence-corrected chi connectivity index (χ0v) is 17.4. The number of thioether (sulfide) groups is 1. The number of carbonyl (C=O) groups is 3. The lowest BCUT2D eigenvalue weighted by atomic mass is 9.95. The molecular formula is C22H18ClFN2O3S. The van der Waals surface area contributed by atoms with Crippen LogP contribution in [-0.2, 0) is 15.0 Å². The first-order valence-corrected chi connectivity index (χ1v) is 10.6. The Morgan fingerprint density at radius 3 is 2.43 bits per heavy atom. The van der Waals surface area contributed by atoms with Gasteiger partial charge in [-0.25, -0.2) is 4.39 Å². The third-order valence-corrected chi connectivity index (χ3v) is 6.40. The van der Waals surface area contributed by atoms with Crippen LogP contribution in [0.15, 0.2) is 53.4 Å². The minimum absolute atomic E-state index is 0.0911. The fourth-order valence-electron chi connectivity index (χ4n) is 3.39. The number of amides is 3. The molecule has 2 aliphatic rings. The molecule has 4 rings (SSSR count). The molecule has 0 atom stereocenters. The Kier molecular flexibility index (Phi) is 5.66. The fraction of sp³-hybridized carbons (Fsp3) is 0.227. The quantitative estimate of drug-likeness (QED) is 0.672. The van der Waals surface area contributed by atoms with Crippen molar-refractivity contribution in [3.05, 3.63) is 75.4 Å². The Bertz CT molecular complexity index is 1030. The number of rotatable bonds is 6. The largest absolute Gasteiger partial charge is 0.354 e. The van der Waals surface area contributed by atoms with Gasteiger partial charge in [0.15, 0.2) is 0 Å². The van der Waals surface area contributed by atoms with E-state index in [-0.39, 0.29) is 35.0 Å². The summed E-state index contributed by atoms with van der Waals surface area (Å²) < 4.78 is 13.0. The summed E-state index contributed by atoms with van der Waals surface area (Å²) in [6, 6.07) is 12.9. The Labute approximate surface area is 182 Å². The molecule has 5 nitrogen and oxygen atoms in total. The van der Waals surface area contributed by atoms with Crippen LogP contribution in [0.1, 0.15) is 24.0 Å². The number of nitrogens with zero attached hydrogens (tertiary/aromatic N) is 1. The minimum Gasteiger partial charge on any atom is -0.354 e. The Hall–Kier alpha value is -2.64. The zero-order chi connectivity index (χ0) is 21.3. The van der Waals surface area contributed by atoms with Gasteiger partial charge in [0.05, 0.1) is 10.3 Å². The van der Waals surface area contributed by atoms with Gasteiger partial charge in [0, 0.05) is 18.1 Å². The number of benzene rings is 2. The van der Waals surface area contributed by atoms with Crippen molar-refractivity contribution < 1.29 is 18.8 Å². The molecule has 0 spiro atoms. The molecule has 1 aliphatic carbocycles. The normalized spacial score (nSPS) is 18.7. The summed E-state index contributed by atoms with van der Waals surface area (Å²) in [5, 5.41) is 3.08. The molecule has 2 aromatic carbocycles. The van der Waals surface area contributed by atoms with Crippen molar-refractivity contribution in [3.8, 4) is 0 Å². The highest BCUT2D eigenvalue weighted by Crippen LogP contribution is 2.48. The molecule has 2 aromatic rings. The van der Waals surface area contributed by atoms with Crippen LogP contribution >= 0.6 is 23.4 Å². The zero-order valence-electron chi connectivity index (χ0n) is 15.9. The van der Waals surface area contributed by atoms with Gasteiger partial charge in [-0.05, 0) is 66.1 Å². The van der Waals surface area contributed by atoms with Crippen molar-refractivity contribution in [1.82, 2.24) is 10.2 Å². The molecule has 8 heteroatoms. The van der Waals surface area contributed by atoms with E-state index in [2.05, 4.69) is 5.32 Å². The summed E-state index contributed by atoms with van der Waals surface area (Å²) >= 11 is 6.76. The van der Waals surface area contributed by atoms with E-state index in [1.54, 1.807) is 18.2 Å². The second-order valence-corrected chi connectivity index (χ2v) is 8.66. The van der Waals surface area contributed by atoms with Crippen LogP contribution in [0.4, 0.5) is 9.18 Å². The smallest absolute Gasteiger partial charge is 0.293 e. The molecule has 1 heterocycles. The summed E-state index contributed by atoms with van der Waals surface area (Å²) in [7, 11) is 0. The first-order valence-electron chi connectivity index (χ1n) is 9.44. The van der Waals surface area contributed by atoms with Crippen molar-refractivity contribution in [2.24, 2.45) is 0 Å². The number of hydrogen-bond acceptors (Lipinski definition) is 4. The maximum atomic E-state index is 13.0. The highest BCUT2D eigenvalue weighted by atomic mass is 35.5. The topological polar surface area (TPSA) is 66.5 Å². The van der Waals surface area contributed by atoms with Crippen LogP contribution in [0, 0.1) is 5.82 Å². The summed E-state index contributed by atoms with van der Waals surface area (Å²) in [5.74, 6) is -0.899. The SMILES string of the molecule is O=C1S/C(=C/c2ccc(F)cc2)C(=O)N1CCNC(=O)C1(c2ccc(Cl)cc2)CC1. The molecule has 154 valence electrons. The highest BCUT2D eigenvalue weighted by molar-refractivity contribution is 8.18. The van der Waals surface area contributed by atoms with Crippen LogP contribution in [0.2, 0.25) is 5.02 Å². The van der Waals surface area contributed by atoms with E-state index in [1.807, 2.05) is 12.1 Å². The van der Waals surface area contributed by atoms with Gasteiger partial charge in [-0.2, -0.15) is 0 Å². The van der Waals surface area contributed by atoms with Gasteiger partial charge in [0.2, 0.25) is 5.91 Å². The number of nitrogens with one attached hydrogen (secondary N) is 1. The van der Waals surface area contributed by atoms with Gasteiger partial charge in [0.25, 0.3) is 11.1 Å². The van der Waals surface area contributed by atoms with Gasteiger partial charge in [-0.1, -0.05) is 35.9 Å². The van der Waals surface area contributed by atoms with Gasteiger partial charge in [-0.15, -0.1) is 0 Å². The molecule has 0 bridgehead atoms. The van der Waals surface area contributed by atoms with E-state index in [0.717, 1.165) is 35.1 Å². The minimum atomic E-state index is -0.550. The number of imide groups is 1. The summed E-state index contributed by atoms with van der Waals surface area (Å²) in [6.45, 7) is 0.268. The third kappa shape index (κ3) is 4.13. The number of halogens is 2. The Morgan fingerprint density at radius 1 is 1.13 bits per heavy atom. The van der Waals surface area contributed by atoms with E-state index in [4.69, 9.17) is 11.6 Å². The van der Waals surface area contributed by atoms with E-state index in [1.165, 1.54) is 24.3 Å². The highest BCUT2D eigenvalue weighted by Gasteiger charge is 2.51. The molecule has 0 unspecified atom stereocenters. The van der Waals surface area contributed by atoms with E-state index >= 15 is 0 Å². The number of hydrogen-bond donors (Lipinski definition) is 1. The molecule has 0 aromatic heterocycles. The first-order chi connectivity index (χ1) is 14.4. The Morgan fingerprint density at radius 2 is 1.80 bits per heavy atom. The monoisotopic (exact) mass is 444 g/mol. The lowest BCUT2D eigenvalue weighted by molar-refractivity contribution is -0.125. The van der Waals surface area contributed by atoms with Crippen molar-refractivity contribution in [1.29, 1.82) is 0 Å². The van der Waals surface area contributed by atoms with Crippen LogP contribution in [0.25, 0.3) is 6.08 Å². The van der Waals surface area contributed by atoms with E-state index < -0.39 is 11.3 Å². The van der Waals surface area contributed by atoms with Gasteiger partial charge < -0.3 is 5.32 Å². The second-order valence-electron chi connectivity index (χ2n) is 7.23. The maximum Gasteiger partial charge on any atom is 0.293 e. The van der Waals surface area contributed by atoms with E-state index in [0.29, 0.717) is 10.6 Å². The van der Waals surface area contributed by atoms with Crippen LogP contribution in [0.3, 0.4) is 0 Å². The van der Waals surface area contributed by atoms with Crippen LogP contribution < -0.4 is 5.32 Å². The fourth-order valence-corrected chi connectivity index (χ4v) is 4.39. The summed E-state index contributed by atoms with van der Waals surface area (Å²) in [4.78, 5) is 38.9. The summed E-state index contributed by atoms with van der Waals surface area (Å²) in [5.41, 5.74) is 0.998. The lowest BCUT2D eigenvalue weighted by Gasteiger charge is -2.18. The van der Waals surface area contributed by atoms with Crippen LogP contribution in [0.5, 0.6) is 0 Å². The lowest BCUT2D eigenvalue weighted by Crippen LogP contribution is -2.41. The predicted octanol–water partition coefficient (Wildman–Crippen LogP) is 4.36.